The van der Waals surface area contributed by atoms with E-state index in [2.05, 4.69) is 25.8 Å². The highest BCUT2D eigenvalue weighted by Crippen LogP contribution is 2.31. The first-order valence-electron chi connectivity index (χ1n) is 5.11. The maximum absolute atomic E-state index is 11.6. The van der Waals surface area contributed by atoms with Gasteiger partial charge in [-0.2, -0.15) is 5.10 Å². The van der Waals surface area contributed by atoms with Gasteiger partial charge in [0.2, 0.25) is 0 Å². The van der Waals surface area contributed by atoms with Crippen molar-refractivity contribution in [2.24, 2.45) is 7.05 Å². The molecule has 2 rings (SSSR count). The van der Waals surface area contributed by atoms with Gasteiger partial charge in [-0.25, -0.2) is 4.79 Å². The maximum Gasteiger partial charge on any atom is 0.357 e. The molecule has 0 fully saturated rings. The van der Waals surface area contributed by atoms with Gasteiger partial charge in [0.1, 0.15) is 10.7 Å². The van der Waals surface area contributed by atoms with E-state index in [0.717, 1.165) is 10.0 Å². The minimum absolute atomic E-state index is 0.245. The zero-order valence-corrected chi connectivity index (χ0v) is 12.1. The van der Waals surface area contributed by atoms with Crippen molar-refractivity contribution >= 4 is 33.5 Å². The summed E-state index contributed by atoms with van der Waals surface area (Å²) in [4.78, 5) is 11.6. The largest absolute Gasteiger partial charge is 0.464 e. The summed E-state index contributed by atoms with van der Waals surface area (Å²) in [5, 5.41) is 4.55. The van der Waals surface area contributed by atoms with E-state index in [1.54, 1.807) is 7.05 Å². The van der Waals surface area contributed by atoms with E-state index in [9.17, 15) is 4.79 Å². The number of hydrogen-bond donors (Lipinski definition) is 0. The van der Waals surface area contributed by atoms with E-state index in [1.807, 2.05) is 24.3 Å². The van der Waals surface area contributed by atoms with E-state index in [-0.39, 0.29) is 5.69 Å². The number of rotatable bonds is 2. The second-order valence-electron chi connectivity index (χ2n) is 3.64. The molecule has 0 aliphatic rings. The van der Waals surface area contributed by atoms with Crippen molar-refractivity contribution in [3.05, 3.63) is 39.5 Å². The first-order valence-corrected chi connectivity index (χ1v) is 6.28. The van der Waals surface area contributed by atoms with Crippen LogP contribution in [0.1, 0.15) is 10.5 Å². The van der Waals surface area contributed by atoms with Crippen LogP contribution in [0.5, 0.6) is 0 Å². The van der Waals surface area contributed by atoms with Crippen LogP contribution in [0.4, 0.5) is 0 Å². The summed E-state index contributed by atoms with van der Waals surface area (Å²) < 4.78 is 7.02. The molecule has 2 aromatic rings. The normalized spacial score (nSPS) is 10.4. The Labute approximate surface area is 118 Å². The van der Waals surface area contributed by atoms with Gasteiger partial charge >= 0.3 is 5.97 Å². The lowest BCUT2D eigenvalue weighted by Gasteiger charge is -1.99. The molecule has 0 N–H and O–H groups in total. The number of halogens is 2. The third-order valence-corrected chi connectivity index (χ3v) is 3.32. The summed E-state index contributed by atoms with van der Waals surface area (Å²) >= 11 is 9.57. The molecular formula is C12H10BrClN2O2. The van der Waals surface area contributed by atoms with Crippen LogP contribution in [-0.4, -0.2) is 22.9 Å². The molecule has 4 nitrogen and oxygen atoms in total. The summed E-state index contributed by atoms with van der Waals surface area (Å²) in [6, 6.07) is 7.54. The second-order valence-corrected chi connectivity index (χ2v) is 4.93. The molecule has 6 heteroatoms. The van der Waals surface area contributed by atoms with Crippen LogP contribution in [-0.2, 0) is 11.8 Å². The highest BCUT2D eigenvalue weighted by molar-refractivity contribution is 9.10. The van der Waals surface area contributed by atoms with Gasteiger partial charge in [-0.15, -0.1) is 0 Å². The average molecular weight is 330 g/mol. The SMILES string of the molecule is COC(=O)c1c(Cl)c(-c2cccc(Br)c2)nn1C. The zero-order valence-electron chi connectivity index (χ0n) is 9.78. The Kier molecular flexibility index (Phi) is 3.73. The zero-order chi connectivity index (χ0) is 13.3. The van der Waals surface area contributed by atoms with Crippen LogP contribution in [0.15, 0.2) is 28.7 Å². The van der Waals surface area contributed by atoms with E-state index >= 15 is 0 Å². The molecule has 1 aromatic heterocycles. The standard InChI is InChI=1S/C12H10BrClN2O2/c1-16-11(12(17)18-2)9(14)10(15-16)7-4-3-5-8(13)6-7/h3-6H,1-2H3. The molecule has 0 amide bonds. The number of esters is 1. The number of ether oxygens (including phenoxy) is 1. The molecule has 0 unspecified atom stereocenters. The molecule has 1 heterocycles. The fourth-order valence-electron chi connectivity index (χ4n) is 1.64. The number of benzene rings is 1. The van der Waals surface area contributed by atoms with Crippen LogP contribution in [0, 0.1) is 0 Å². The quantitative estimate of drug-likeness (QED) is 0.794. The fraction of sp³-hybridized carbons (Fsp3) is 0.167. The summed E-state index contributed by atoms with van der Waals surface area (Å²) in [7, 11) is 2.96. The molecule has 0 radical (unpaired) electrons. The average Bonchev–Trinajstić information content (AvgIpc) is 2.64. The fourth-order valence-corrected chi connectivity index (χ4v) is 2.38. The van der Waals surface area contributed by atoms with E-state index in [0.29, 0.717) is 10.7 Å². The highest BCUT2D eigenvalue weighted by atomic mass is 79.9. The molecule has 18 heavy (non-hydrogen) atoms. The maximum atomic E-state index is 11.6. The molecule has 0 bridgehead atoms. The first-order chi connectivity index (χ1) is 8.54. The monoisotopic (exact) mass is 328 g/mol. The first kappa shape index (κ1) is 13.1. The van der Waals surface area contributed by atoms with Gasteiger partial charge in [-0.3, -0.25) is 4.68 Å². The smallest absolute Gasteiger partial charge is 0.357 e. The number of hydrogen-bond acceptors (Lipinski definition) is 3. The number of nitrogens with zero attached hydrogens (tertiary/aromatic N) is 2. The third kappa shape index (κ3) is 2.28. The molecule has 0 saturated carbocycles. The van der Waals surface area contributed by atoms with Crippen molar-refractivity contribution in [2.45, 2.75) is 0 Å². The lowest BCUT2D eigenvalue weighted by Crippen LogP contribution is -2.08. The Morgan fingerprint density at radius 2 is 2.22 bits per heavy atom. The Hall–Kier alpha value is -1.33. The molecule has 94 valence electrons. The predicted octanol–water partition coefficient (Wildman–Crippen LogP) is 3.29. The van der Waals surface area contributed by atoms with Crippen LogP contribution in [0.2, 0.25) is 5.02 Å². The van der Waals surface area contributed by atoms with Crippen molar-refractivity contribution in [2.75, 3.05) is 7.11 Å². The Morgan fingerprint density at radius 3 is 2.83 bits per heavy atom. The highest BCUT2D eigenvalue weighted by Gasteiger charge is 2.22. The van der Waals surface area contributed by atoms with Gasteiger partial charge in [0, 0.05) is 17.1 Å². The van der Waals surface area contributed by atoms with E-state index < -0.39 is 5.97 Å². The number of aromatic nitrogens is 2. The number of aryl methyl sites for hydroxylation is 1. The molecule has 0 spiro atoms. The molecule has 1 aromatic carbocycles. The van der Waals surface area contributed by atoms with Crippen LogP contribution < -0.4 is 0 Å². The van der Waals surface area contributed by atoms with Gasteiger partial charge in [-0.1, -0.05) is 39.7 Å². The molecule has 0 atom stereocenters. The lowest BCUT2D eigenvalue weighted by molar-refractivity contribution is 0.0588. The number of carbonyl (C=O) groups is 1. The summed E-state index contributed by atoms with van der Waals surface area (Å²) in [5.74, 6) is -0.503. The minimum Gasteiger partial charge on any atom is -0.464 e. The van der Waals surface area contributed by atoms with Gasteiger partial charge < -0.3 is 4.74 Å². The van der Waals surface area contributed by atoms with Crippen molar-refractivity contribution in [3.8, 4) is 11.3 Å². The summed E-state index contributed by atoms with van der Waals surface area (Å²) in [6.45, 7) is 0. The van der Waals surface area contributed by atoms with E-state index in [4.69, 9.17) is 11.6 Å². The van der Waals surface area contributed by atoms with Crippen molar-refractivity contribution in [1.82, 2.24) is 9.78 Å². The molecule has 0 saturated heterocycles. The predicted molar refractivity (Wildman–Crippen MR) is 72.7 cm³/mol. The van der Waals surface area contributed by atoms with Crippen LogP contribution >= 0.6 is 27.5 Å². The molecule has 0 aliphatic carbocycles. The van der Waals surface area contributed by atoms with Gasteiger partial charge in [0.15, 0.2) is 5.69 Å². The Balaban J connectivity index is 2.57. The van der Waals surface area contributed by atoms with Gasteiger partial charge in [0.25, 0.3) is 0 Å². The molecular weight excluding hydrogens is 320 g/mol. The topological polar surface area (TPSA) is 44.1 Å². The molecule has 0 aliphatic heterocycles. The number of carbonyl (C=O) groups excluding carboxylic acids is 1. The summed E-state index contributed by atoms with van der Waals surface area (Å²) in [6.07, 6.45) is 0. The summed E-state index contributed by atoms with van der Waals surface area (Å²) in [5.41, 5.74) is 1.63. The Morgan fingerprint density at radius 1 is 1.50 bits per heavy atom. The van der Waals surface area contributed by atoms with E-state index in [1.165, 1.54) is 11.8 Å². The Bertz CT molecular complexity index is 610. The van der Waals surface area contributed by atoms with Crippen molar-refractivity contribution in [3.63, 3.8) is 0 Å². The van der Waals surface area contributed by atoms with Crippen molar-refractivity contribution in [1.29, 1.82) is 0 Å². The van der Waals surface area contributed by atoms with Crippen molar-refractivity contribution < 1.29 is 9.53 Å². The second kappa shape index (κ2) is 5.12. The van der Waals surface area contributed by atoms with Crippen LogP contribution in [0.3, 0.4) is 0 Å². The third-order valence-electron chi connectivity index (χ3n) is 2.47. The van der Waals surface area contributed by atoms with Gasteiger partial charge in [0.05, 0.1) is 7.11 Å². The van der Waals surface area contributed by atoms with Crippen LogP contribution in [0.25, 0.3) is 11.3 Å². The number of methoxy groups -OCH3 is 1. The minimum atomic E-state index is -0.503. The lowest BCUT2D eigenvalue weighted by atomic mass is 10.1. The van der Waals surface area contributed by atoms with Gasteiger partial charge in [-0.05, 0) is 12.1 Å².